The van der Waals surface area contributed by atoms with Gasteiger partial charge in [0.25, 0.3) is 0 Å². The lowest BCUT2D eigenvalue weighted by atomic mass is 10.1. The van der Waals surface area contributed by atoms with Gasteiger partial charge in [0, 0.05) is 11.8 Å². The average molecular weight is 419 g/mol. The number of alkyl halides is 1. The van der Waals surface area contributed by atoms with E-state index < -0.39 is 0 Å². The lowest BCUT2D eigenvalue weighted by Gasteiger charge is -2.05. The second kappa shape index (κ2) is 22.0. The molecule has 25 heavy (non-hydrogen) atoms. The molecule has 0 radical (unpaired) electrons. The van der Waals surface area contributed by atoms with Crippen LogP contribution in [-0.2, 0) is 9.53 Å². The fourth-order valence-corrected chi connectivity index (χ4v) is 3.49. The van der Waals surface area contributed by atoms with Crippen LogP contribution in [0.1, 0.15) is 122 Å². The van der Waals surface area contributed by atoms with Crippen molar-refractivity contribution in [1.29, 1.82) is 0 Å². The standard InChI is InChI=1S/C22H43BrO2/c1-2-3-4-5-6-9-12-15-18-21-25-22(24)19-16-13-10-7-8-11-14-17-20-23/h2-21H2,1H3. The smallest absolute Gasteiger partial charge is 0.305 e. The van der Waals surface area contributed by atoms with Gasteiger partial charge in [0.1, 0.15) is 0 Å². The van der Waals surface area contributed by atoms with Crippen molar-refractivity contribution in [2.45, 2.75) is 122 Å². The van der Waals surface area contributed by atoms with E-state index in [4.69, 9.17) is 4.74 Å². The van der Waals surface area contributed by atoms with Gasteiger partial charge in [-0.05, 0) is 19.3 Å². The first-order valence-electron chi connectivity index (χ1n) is 11.0. The normalized spacial score (nSPS) is 11.0. The monoisotopic (exact) mass is 418 g/mol. The summed E-state index contributed by atoms with van der Waals surface area (Å²) < 4.78 is 5.33. The minimum absolute atomic E-state index is 0.0110. The summed E-state index contributed by atoms with van der Waals surface area (Å²) >= 11 is 3.47. The zero-order valence-electron chi connectivity index (χ0n) is 16.8. The SMILES string of the molecule is CCCCCCCCCCCOC(=O)CCCCCCCCCCBr. The molecule has 0 rings (SSSR count). The van der Waals surface area contributed by atoms with Crippen molar-refractivity contribution >= 4 is 21.9 Å². The topological polar surface area (TPSA) is 26.3 Å². The molecule has 0 spiro atoms. The number of carbonyl (C=O) groups excluding carboxylic acids is 1. The van der Waals surface area contributed by atoms with Gasteiger partial charge >= 0.3 is 5.97 Å². The van der Waals surface area contributed by atoms with Crippen molar-refractivity contribution in [3.05, 3.63) is 0 Å². The fraction of sp³-hybridized carbons (Fsp3) is 0.955. The van der Waals surface area contributed by atoms with Crippen molar-refractivity contribution in [2.75, 3.05) is 11.9 Å². The molecule has 0 atom stereocenters. The first kappa shape index (κ1) is 24.9. The van der Waals surface area contributed by atoms with E-state index in [9.17, 15) is 4.79 Å². The first-order chi connectivity index (χ1) is 12.3. The molecule has 0 aromatic carbocycles. The Bertz CT molecular complexity index is 269. The van der Waals surface area contributed by atoms with Crippen LogP contribution in [0.2, 0.25) is 0 Å². The van der Waals surface area contributed by atoms with Crippen LogP contribution in [-0.4, -0.2) is 17.9 Å². The molecule has 0 aliphatic carbocycles. The molecule has 0 amide bonds. The predicted octanol–water partition coefficient (Wildman–Crippen LogP) is 7.97. The van der Waals surface area contributed by atoms with Crippen LogP contribution in [0.15, 0.2) is 0 Å². The second-order valence-electron chi connectivity index (χ2n) is 7.32. The summed E-state index contributed by atoms with van der Waals surface area (Å²) in [6, 6.07) is 0. The maximum Gasteiger partial charge on any atom is 0.305 e. The van der Waals surface area contributed by atoms with E-state index in [0.29, 0.717) is 13.0 Å². The Balaban J connectivity index is 3.13. The number of carbonyl (C=O) groups is 1. The van der Waals surface area contributed by atoms with Crippen LogP contribution in [0.25, 0.3) is 0 Å². The highest BCUT2D eigenvalue weighted by Crippen LogP contribution is 2.11. The number of unbranched alkanes of at least 4 members (excludes halogenated alkanes) is 15. The van der Waals surface area contributed by atoms with Gasteiger partial charge in [-0.25, -0.2) is 0 Å². The molecule has 0 fully saturated rings. The molecule has 0 unspecified atom stereocenters. The van der Waals surface area contributed by atoms with Crippen LogP contribution in [0.5, 0.6) is 0 Å². The van der Waals surface area contributed by atoms with Gasteiger partial charge in [0.2, 0.25) is 0 Å². The summed E-state index contributed by atoms with van der Waals surface area (Å²) in [7, 11) is 0. The number of hydrogen-bond acceptors (Lipinski definition) is 2. The van der Waals surface area contributed by atoms with Gasteiger partial charge in [-0.2, -0.15) is 0 Å². The average Bonchev–Trinajstić information content (AvgIpc) is 2.62. The van der Waals surface area contributed by atoms with Gasteiger partial charge in [0.15, 0.2) is 0 Å². The Morgan fingerprint density at radius 3 is 1.60 bits per heavy atom. The van der Waals surface area contributed by atoms with Crippen LogP contribution in [0, 0.1) is 0 Å². The summed E-state index contributed by atoms with van der Waals surface area (Å²) in [6.45, 7) is 2.89. The molecule has 3 heteroatoms. The molecule has 0 heterocycles. The highest BCUT2D eigenvalue weighted by Gasteiger charge is 2.02. The molecule has 0 bridgehead atoms. The molecule has 0 saturated carbocycles. The van der Waals surface area contributed by atoms with Gasteiger partial charge in [-0.1, -0.05) is 113 Å². The van der Waals surface area contributed by atoms with Gasteiger partial charge in [0.05, 0.1) is 6.61 Å². The Hall–Kier alpha value is -0.0500. The van der Waals surface area contributed by atoms with Crippen LogP contribution >= 0.6 is 15.9 Å². The quantitative estimate of drug-likeness (QED) is 0.114. The maximum absolute atomic E-state index is 11.7. The molecule has 0 aromatic heterocycles. The van der Waals surface area contributed by atoms with E-state index in [1.165, 1.54) is 96.3 Å². The molecule has 0 aliphatic rings. The summed E-state index contributed by atoms with van der Waals surface area (Å²) in [5.74, 6) is 0.0110. The predicted molar refractivity (Wildman–Crippen MR) is 114 cm³/mol. The zero-order chi connectivity index (χ0) is 18.4. The third-order valence-corrected chi connectivity index (χ3v) is 5.34. The molecular weight excluding hydrogens is 376 g/mol. The fourth-order valence-electron chi connectivity index (χ4n) is 3.10. The number of halogens is 1. The Kier molecular flexibility index (Phi) is 21.9. The van der Waals surface area contributed by atoms with Crippen LogP contribution in [0.4, 0.5) is 0 Å². The van der Waals surface area contributed by atoms with E-state index in [1.807, 2.05) is 0 Å². The molecule has 2 nitrogen and oxygen atoms in total. The highest BCUT2D eigenvalue weighted by atomic mass is 79.9. The van der Waals surface area contributed by atoms with Crippen molar-refractivity contribution in [1.82, 2.24) is 0 Å². The maximum atomic E-state index is 11.7. The number of esters is 1. The van der Waals surface area contributed by atoms with E-state index in [2.05, 4.69) is 22.9 Å². The van der Waals surface area contributed by atoms with Crippen molar-refractivity contribution < 1.29 is 9.53 Å². The summed E-state index contributed by atoms with van der Waals surface area (Å²) in [5, 5.41) is 1.13. The van der Waals surface area contributed by atoms with Crippen LogP contribution < -0.4 is 0 Å². The minimum Gasteiger partial charge on any atom is -0.466 e. The van der Waals surface area contributed by atoms with E-state index >= 15 is 0 Å². The van der Waals surface area contributed by atoms with Gasteiger partial charge in [-0.15, -0.1) is 0 Å². The summed E-state index contributed by atoms with van der Waals surface area (Å²) in [5.41, 5.74) is 0. The van der Waals surface area contributed by atoms with E-state index in [-0.39, 0.29) is 5.97 Å². The van der Waals surface area contributed by atoms with Crippen molar-refractivity contribution in [3.8, 4) is 0 Å². The van der Waals surface area contributed by atoms with E-state index in [1.54, 1.807) is 0 Å². The molecule has 0 N–H and O–H groups in total. The lowest BCUT2D eigenvalue weighted by molar-refractivity contribution is -0.143. The van der Waals surface area contributed by atoms with Crippen molar-refractivity contribution in [3.63, 3.8) is 0 Å². The lowest BCUT2D eigenvalue weighted by Crippen LogP contribution is -2.05. The third kappa shape index (κ3) is 21.9. The van der Waals surface area contributed by atoms with E-state index in [0.717, 1.165) is 18.2 Å². The molecular formula is C22H43BrO2. The highest BCUT2D eigenvalue weighted by molar-refractivity contribution is 9.09. The number of rotatable bonds is 20. The number of hydrogen-bond donors (Lipinski definition) is 0. The molecule has 0 aliphatic heterocycles. The summed E-state index contributed by atoms with van der Waals surface area (Å²) in [6.07, 6.45) is 22.4. The molecule has 0 saturated heterocycles. The third-order valence-electron chi connectivity index (χ3n) is 4.78. The molecule has 150 valence electrons. The summed E-state index contributed by atoms with van der Waals surface area (Å²) in [4.78, 5) is 11.7. The van der Waals surface area contributed by atoms with Gasteiger partial charge in [-0.3, -0.25) is 4.79 Å². The Labute approximate surface area is 166 Å². The Morgan fingerprint density at radius 1 is 0.640 bits per heavy atom. The first-order valence-corrected chi connectivity index (χ1v) is 12.1. The van der Waals surface area contributed by atoms with Crippen LogP contribution in [0.3, 0.4) is 0 Å². The largest absolute Gasteiger partial charge is 0.466 e. The van der Waals surface area contributed by atoms with Gasteiger partial charge < -0.3 is 4.74 Å². The zero-order valence-corrected chi connectivity index (χ0v) is 18.4. The molecule has 0 aromatic rings. The minimum atomic E-state index is 0.0110. The Morgan fingerprint density at radius 2 is 1.08 bits per heavy atom. The van der Waals surface area contributed by atoms with Crippen molar-refractivity contribution in [2.24, 2.45) is 0 Å². The second-order valence-corrected chi connectivity index (χ2v) is 8.11. The number of ether oxygens (including phenoxy) is 1.